The molecule has 0 radical (unpaired) electrons. The summed E-state index contributed by atoms with van der Waals surface area (Å²) >= 11 is 6.39. The molecular weight excluding hydrogens is 358 g/mol. The zero-order valence-electron chi connectivity index (χ0n) is 14.9. The predicted octanol–water partition coefficient (Wildman–Crippen LogP) is 6.09. The average molecular weight is 376 g/mol. The summed E-state index contributed by atoms with van der Waals surface area (Å²) in [5.41, 5.74) is 3.15. The average Bonchev–Trinajstić information content (AvgIpc) is 3.06. The van der Waals surface area contributed by atoms with E-state index in [2.05, 4.69) is 30.3 Å². The number of halogens is 1. The van der Waals surface area contributed by atoms with Gasteiger partial charge in [0.15, 0.2) is 0 Å². The largest absolute Gasteiger partial charge is 0.462 e. The van der Waals surface area contributed by atoms with Gasteiger partial charge in [-0.1, -0.05) is 60.1 Å². The van der Waals surface area contributed by atoms with Crippen molar-refractivity contribution in [3.05, 3.63) is 88.7 Å². The molecule has 0 atom stereocenters. The van der Waals surface area contributed by atoms with Gasteiger partial charge < -0.3 is 4.74 Å². The lowest BCUT2D eigenvalue weighted by Gasteiger charge is -2.03. The van der Waals surface area contributed by atoms with Gasteiger partial charge in [0, 0.05) is 5.69 Å². The van der Waals surface area contributed by atoms with E-state index in [-0.39, 0.29) is 5.97 Å². The topological polar surface area (TPSA) is 30.7 Å². The minimum atomic E-state index is -0.345. The number of pyridine rings is 1. The van der Waals surface area contributed by atoms with Gasteiger partial charge in [0.2, 0.25) is 0 Å². The second kappa shape index (κ2) is 7.29. The van der Waals surface area contributed by atoms with Crippen molar-refractivity contribution < 1.29 is 9.53 Å². The summed E-state index contributed by atoms with van der Waals surface area (Å²) in [5, 5.41) is 2.93. The summed E-state index contributed by atoms with van der Waals surface area (Å²) in [4.78, 5) is 12.3. The third kappa shape index (κ3) is 3.34. The summed E-state index contributed by atoms with van der Waals surface area (Å²) in [6.45, 7) is 2.13. The third-order valence-corrected chi connectivity index (χ3v) is 4.78. The molecule has 0 aliphatic heterocycles. The Kier molecular flexibility index (Phi) is 4.69. The predicted molar refractivity (Wildman–Crippen MR) is 111 cm³/mol. The molecule has 2 aromatic heterocycles. The number of fused-ring (bicyclic) bond motifs is 2. The van der Waals surface area contributed by atoms with Crippen LogP contribution in [0.3, 0.4) is 0 Å². The lowest BCUT2D eigenvalue weighted by Crippen LogP contribution is -2.03. The van der Waals surface area contributed by atoms with Gasteiger partial charge in [-0.2, -0.15) is 0 Å². The number of ether oxygens (including phenoxy) is 1. The maximum absolute atomic E-state index is 12.3. The van der Waals surface area contributed by atoms with Crippen LogP contribution in [0.1, 0.15) is 28.5 Å². The van der Waals surface area contributed by atoms with Crippen molar-refractivity contribution in [3.63, 3.8) is 0 Å². The van der Waals surface area contributed by atoms with Gasteiger partial charge in [0.05, 0.1) is 17.7 Å². The number of hydrogen-bond donors (Lipinski definition) is 0. The highest BCUT2D eigenvalue weighted by Crippen LogP contribution is 2.25. The maximum atomic E-state index is 12.3. The van der Waals surface area contributed by atoms with Crippen molar-refractivity contribution >= 4 is 46.0 Å². The van der Waals surface area contributed by atoms with Crippen LogP contribution in [0.2, 0.25) is 5.15 Å². The molecule has 0 saturated heterocycles. The Morgan fingerprint density at radius 3 is 2.63 bits per heavy atom. The molecule has 4 heteroatoms. The fourth-order valence-electron chi connectivity index (χ4n) is 3.23. The summed E-state index contributed by atoms with van der Waals surface area (Å²) in [5.74, 6) is -0.345. The quantitative estimate of drug-likeness (QED) is 0.319. The first-order valence-electron chi connectivity index (χ1n) is 8.81. The van der Waals surface area contributed by atoms with Crippen molar-refractivity contribution in [2.45, 2.75) is 6.92 Å². The number of rotatable bonds is 4. The van der Waals surface area contributed by atoms with E-state index in [9.17, 15) is 4.79 Å². The summed E-state index contributed by atoms with van der Waals surface area (Å²) < 4.78 is 7.03. The third-order valence-electron chi connectivity index (χ3n) is 4.48. The van der Waals surface area contributed by atoms with Gasteiger partial charge in [0.1, 0.15) is 5.15 Å². The number of aromatic nitrogens is 1. The molecule has 0 amide bonds. The van der Waals surface area contributed by atoms with E-state index in [1.807, 2.05) is 46.9 Å². The Labute approximate surface area is 162 Å². The maximum Gasteiger partial charge on any atom is 0.340 e. The van der Waals surface area contributed by atoms with Crippen LogP contribution in [-0.2, 0) is 4.74 Å². The SMILES string of the molecule is CCOC(=O)c1cc(/C=C/c2ccc3ccccc3c2)n2c(Cl)cccc12. The minimum absolute atomic E-state index is 0.332. The van der Waals surface area contributed by atoms with Crippen LogP contribution in [0.5, 0.6) is 0 Å². The van der Waals surface area contributed by atoms with Crippen molar-refractivity contribution in [1.29, 1.82) is 0 Å². The molecule has 27 heavy (non-hydrogen) atoms. The van der Waals surface area contributed by atoms with Gasteiger partial charge in [-0.15, -0.1) is 0 Å². The molecule has 2 aromatic carbocycles. The van der Waals surface area contributed by atoms with Crippen LogP contribution >= 0.6 is 11.6 Å². The molecule has 2 heterocycles. The van der Waals surface area contributed by atoms with Crippen molar-refractivity contribution in [2.24, 2.45) is 0 Å². The Hall–Kier alpha value is -3.04. The van der Waals surface area contributed by atoms with Crippen LogP contribution in [0.25, 0.3) is 28.4 Å². The standard InChI is InChI=1S/C23H18ClNO2/c1-2-27-23(26)20-15-19(25-21(20)8-5-9-22(25)24)13-11-16-10-12-17-6-3-4-7-18(17)14-16/h3-15H,2H2,1H3/b13-11+. The van der Waals surface area contributed by atoms with Crippen LogP contribution in [0.4, 0.5) is 0 Å². The second-order valence-corrected chi connectivity index (χ2v) is 6.60. The molecule has 0 N–H and O–H groups in total. The number of hydrogen-bond acceptors (Lipinski definition) is 2. The highest BCUT2D eigenvalue weighted by atomic mass is 35.5. The van der Waals surface area contributed by atoms with E-state index < -0.39 is 0 Å². The molecule has 0 unspecified atom stereocenters. The number of esters is 1. The monoisotopic (exact) mass is 375 g/mol. The van der Waals surface area contributed by atoms with E-state index in [0.717, 1.165) is 16.8 Å². The number of carbonyl (C=O) groups excluding carboxylic acids is 1. The number of carbonyl (C=O) groups is 1. The molecule has 4 rings (SSSR count). The first kappa shape index (κ1) is 17.4. The lowest BCUT2D eigenvalue weighted by atomic mass is 10.1. The van der Waals surface area contributed by atoms with E-state index >= 15 is 0 Å². The van der Waals surface area contributed by atoms with Crippen molar-refractivity contribution in [1.82, 2.24) is 4.40 Å². The molecule has 134 valence electrons. The molecule has 0 aliphatic rings. The molecule has 0 saturated carbocycles. The Morgan fingerprint density at radius 2 is 1.81 bits per heavy atom. The molecule has 0 spiro atoms. The van der Waals surface area contributed by atoms with E-state index in [1.54, 1.807) is 13.0 Å². The smallest absolute Gasteiger partial charge is 0.340 e. The van der Waals surface area contributed by atoms with Crippen molar-refractivity contribution in [2.75, 3.05) is 6.61 Å². The highest BCUT2D eigenvalue weighted by molar-refractivity contribution is 6.30. The highest BCUT2D eigenvalue weighted by Gasteiger charge is 2.16. The molecule has 0 fully saturated rings. The fraction of sp³-hybridized carbons (Fsp3) is 0.0870. The Bertz CT molecular complexity index is 1170. The Balaban J connectivity index is 1.78. The summed E-state index contributed by atoms with van der Waals surface area (Å²) in [6.07, 6.45) is 3.98. The minimum Gasteiger partial charge on any atom is -0.462 e. The van der Waals surface area contributed by atoms with E-state index in [0.29, 0.717) is 17.3 Å². The normalized spacial score (nSPS) is 11.5. The van der Waals surface area contributed by atoms with E-state index in [4.69, 9.17) is 16.3 Å². The molecule has 3 nitrogen and oxygen atoms in total. The zero-order valence-corrected chi connectivity index (χ0v) is 15.6. The van der Waals surface area contributed by atoms with Gasteiger partial charge in [-0.3, -0.25) is 4.40 Å². The van der Waals surface area contributed by atoms with Crippen LogP contribution < -0.4 is 0 Å². The van der Waals surface area contributed by atoms with Crippen LogP contribution in [0, 0.1) is 0 Å². The molecule has 0 aliphatic carbocycles. The number of nitrogens with zero attached hydrogens (tertiary/aromatic N) is 1. The van der Waals surface area contributed by atoms with Gasteiger partial charge in [-0.05, 0) is 53.6 Å². The zero-order chi connectivity index (χ0) is 18.8. The lowest BCUT2D eigenvalue weighted by molar-refractivity contribution is 0.0529. The van der Waals surface area contributed by atoms with Gasteiger partial charge >= 0.3 is 5.97 Å². The first-order chi connectivity index (χ1) is 13.2. The first-order valence-corrected chi connectivity index (χ1v) is 9.19. The Morgan fingerprint density at radius 1 is 1.00 bits per heavy atom. The summed E-state index contributed by atoms with van der Waals surface area (Å²) in [6, 6.07) is 21.9. The second-order valence-electron chi connectivity index (χ2n) is 6.21. The molecule has 0 bridgehead atoms. The van der Waals surface area contributed by atoms with Crippen LogP contribution in [0.15, 0.2) is 66.7 Å². The van der Waals surface area contributed by atoms with Crippen LogP contribution in [-0.4, -0.2) is 17.0 Å². The summed E-state index contributed by atoms with van der Waals surface area (Å²) in [7, 11) is 0. The number of benzene rings is 2. The fourth-order valence-corrected chi connectivity index (χ4v) is 3.49. The van der Waals surface area contributed by atoms with Gasteiger partial charge in [-0.25, -0.2) is 4.79 Å². The molecule has 4 aromatic rings. The molecular formula is C23H18ClNO2. The van der Waals surface area contributed by atoms with E-state index in [1.165, 1.54) is 10.8 Å². The van der Waals surface area contributed by atoms with Gasteiger partial charge in [0.25, 0.3) is 0 Å². The van der Waals surface area contributed by atoms with Crippen molar-refractivity contribution in [3.8, 4) is 0 Å².